The zero-order valence-corrected chi connectivity index (χ0v) is 13.1. The molecule has 0 bridgehead atoms. The zero-order valence-electron chi connectivity index (χ0n) is 12.3. The number of fused-ring (bicyclic) bond motifs is 1. The van der Waals surface area contributed by atoms with Crippen molar-refractivity contribution in [2.24, 2.45) is 0 Å². The smallest absolute Gasteiger partial charge is 0.277 e. The summed E-state index contributed by atoms with van der Waals surface area (Å²) < 4.78 is 16.4. The minimum atomic E-state index is -0.364. The van der Waals surface area contributed by atoms with Gasteiger partial charge >= 0.3 is 0 Å². The van der Waals surface area contributed by atoms with Crippen molar-refractivity contribution in [3.63, 3.8) is 0 Å². The van der Waals surface area contributed by atoms with Crippen LogP contribution in [-0.2, 0) is 0 Å². The van der Waals surface area contributed by atoms with Gasteiger partial charge in [-0.1, -0.05) is 16.8 Å². The highest BCUT2D eigenvalue weighted by molar-refractivity contribution is 6.34. The molecule has 1 fully saturated rings. The number of nitrogens with zero attached hydrogens (tertiary/aromatic N) is 1. The predicted molar refractivity (Wildman–Crippen MR) is 83.5 cm³/mol. The molecule has 1 amide bonds. The number of halogens is 1. The molecule has 4 rings (SSSR count). The molecule has 1 aliphatic carbocycles. The van der Waals surface area contributed by atoms with Crippen molar-refractivity contribution in [3.8, 4) is 11.5 Å². The lowest BCUT2D eigenvalue weighted by Gasteiger charge is -2.11. The molecule has 23 heavy (non-hydrogen) atoms. The second-order valence-electron chi connectivity index (χ2n) is 5.67. The summed E-state index contributed by atoms with van der Waals surface area (Å²) >= 11 is 6.22. The Morgan fingerprint density at radius 1 is 1.17 bits per heavy atom. The van der Waals surface area contributed by atoms with Gasteiger partial charge in [-0.15, -0.1) is 0 Å². The molecule has 1 aromatic heterocycles. The van der Waals surface area contributed by atoms with Gasteiger partial charge in [0.2, 0.25) is 0 Å². The monoisotopic (exact) mass is 334 g/mol. The quantitative estimate of drug-likeness (QED) is 0.928. The second-order valence-corrected chi connectivity index (χ2v) is 6.08. The molecule has 0 atom stereocenters. The molecule has 1 aromatic carbocycles. The summed E-state index contributed by atoms with van der Waals surface area (Å²) in [7, 11) is 0. The number of amides is 1. The molecular formula is C16H15ClN2O4. The van der Waals surface area contributed by atoms with E-state index in [0.717, 1.165) is 25.0 Å². The third kappa shape index (κ3) is 2.99. The Morgan fingerprint density at radius 3 is 2.65 bits per heavy atom. The van der Waals surface area contributed by atoms with E-state index in [1.54, 1.807) is 18.2 Å². The fraction of sp³-hybridized carbons (Fsp3) is 0.375. The largest absolute Gasteiger partial charge is 0.490 e. The van der Waals surface area contributed by atoms with Crippen LogP contribution in [0.3, 0.4) is 0 Å². The van der Waals surface area contributed by atoms with Crippen LogP contribution in [-0.4, -0.2) is 24.3 Å². The van der Waals surface area contributed by atoms with Crippen LogP contribution in [0.1, 0.15) is 41.4 Å². The van der Waals surface area contributed by atoms with Crippen molar-refractivity contribution >= 4 is 23.2 Å². The molecule has 120 valence electrons. The Morgan fingerprint density at radius 2 is 1.91 bits per heavy atom. The Kier molecular flexibility index (Phi) is 3.61. The van der Waals surface area contributed by atoms with Crippen molar-refractivity contribution in [2.45, 2.75) is 25.2 Å². The molecule has 1 aliphatic heterocycles. The molecule has 6 nitrogen and oxygen atoms in total. The van der Waals surface area contributed by atoms with Gasteiger partial charge in [0.1, 0.15) is 5.76 Å². The van der Waals surface area contributed by atoms with Gasteiger partial charge in [0, 0.05) is 30.5 Å². The Hall–Kier alpha value is -2.21. The molecule has 0 spiro atoms. The van der Waals surface area contributed by atoms with Gasteiger partial charge in [0.15, 0.2) is 17.2 Å². The van der Waals surface area contributed by atoms with E-state index in [-0.39, 0.29) is 11.6 Å². The lowest BCUT2D eigenvalue weighted by Crippen LogP contribution is -2.12. The van der Waals surface area contributed by atoms with E-state index >= 15 is 0 Å². The molecule has 2 aliphatic rings. The molecule has 2 aromatic rings. The molecule has 2 heterocycles. The highest BCUT2D eigenvalue weighted by atomic mass is 35.5. The van der Waals surface area contributed by atoms with E-state index in [0.29, 0.717) is 41.3 Å². The van der Waals surface area contributed by atoms with Gasteiger partial charge in [-0.05, 0) is 12.8 Å². The number of nitrogens with one attached hydrogen (secondary N) is 1. The minimum Gasteiger partial charge on any atom is -0.490 e. The van der Waals surface area contributed by atoms with Crippen molar-refractivity contribution in [1.82, 2.24) is 5.16 Å². The van der Waals surface area contributed by atoms with Gasteiger partial charge in [0.25, 0.3) is 5.91 Å². The van der Waals surface area contributed by atoms with Crippen LogP contribution in [0.5, 0.6) is 11.5 Å². The summed E-state index contributed by atoms with van der Waals surface area (Å²) in [6.45, 7) is 1.15. The summed E-state index contributed by atoms with van der Waals surface area (Å²) in [4.78, 5) is 12.3. The number of aromatic nitrogens is 1. The van der Waals surface area contributed by atoms with Crippen LogP contribution in [0.15, 0.2) is 22.7 Å². The lowest BCUT2D eigenvalue weighted by atomic mass is 10.2. The topological polar surface area (TPSA) is 73.6 Å². The number of anilines is 1. The third-order valence-electron chi connectivity index (χ3n) is 3.83. The number of hydrogen-bond donors (Lipinski definition) is 1. The maximum Gasteiger partial charge on any atom is 0.277 e. The minimum absolute atomic E-state index is 0.245. The van der Waals surface area contributed by atoms with Gasteiger partial charge in [-0.2, -0.15) is 0 Å². The molecule has 0 unspecified atom stereocenters. The Bertz CT molecular complexity index is 755. The first-order chi connectivity index (χ1) is 11.2. The van der Waals surface area contributed by atoms with Crippen LogP contribution in [0, 0.1) is 0 Å². The number of ether oxygens (including phenoxy) is 2. The van der Waals surface area contributed by atoms with Crippen LogP contribution in [0.4, 0.5) is 5.69 Å². The molecule has 0 saturated heterocycles. The van der Waals surface area contributed by atoms with E-state index < -0.39 is 0 Å². The normalized spacial score (nSPS) is 16.7. The molecular weight excluding hydrogens is 320 g/mol. The number of benzene rings is 1. The zero-order chi connectivity index (χ0) is 15.8. The van der Waals surface area contributed by atoms with E-state index in [1.165, 1.54) is 0 Å². The van der Waals surface area contributed by atoms with E-state index in [9.17, 15) is 4.79 Å². The molecule has 0 radical (unpaired) electrons. The van der Waals surface area contributed by atoms with Gasteiger partial charge < -0.3 is 19.3 Å². The highest BCUT2D eigenvalue weighted by Gasteiger charge is 2.29. The van der Waals surface area contributed by atoms with Crippen molar-refractivity contribution in [1.29, 1.82) is 0 Å². The van der Waals surface area contributed by atoms with Gasteiger partial charge in [-0.3, -0.25) is 4.79 Å². The number of rotatable bonds is 3. The standard InChI is InChI=1S/C16H15ClN2O4/c17-10-6-14-15(22-5-1-4-21-14)7-11(10)18-16(20)12-8-13(23-19-12)9-2-3-9/h6-9H,1-5H2,(H,18,20). The first-order valence-corrected chi connectivity index (χ1v) is 7.95. The van der Waals surface area contributed by atoms with Crippen LogP contribution >= 0.6 is 11.6 Å². The number of carbonyl (C=O) groups is 1. The fourth-order valence-electron chi connectivity index (χ4n) is 2.42. The number of hydrogen-bond acceptors (Lipinski definition) is 5. The van der Waals surface area contributed by atoms with E-state index in [1.807, 2.05) is 0 Å². The molecule has 1 N–H and O–H groups in total. The summed E-state index contributed by atoms with van der Waals surface area (Å²) in [5.74, 6) is 1.96. The van der Waals surface area contributed by atoms with Gasteiger partial charge in [0.05, 0.1) is 23.9 Å². The lowest BCUT2D eigenvalue weighted by molar-refractivity contribution is 0.101. The SMILES string of the molecule is O=C(Nc1cc2c(cc1Cl)OCCCO2)c1cc(C2CC2)on1. The first kappa shape index (κ1) is 14.4. The fourth-order valence-corrected chi connectivity index (χ4v) is 2.62. The molecule has 7 heteroatoms. The van der Waals surface area contributed by atoms with Crippen LogP contribution in [0.25, 0.3) is 0 Å². The van der Waals surface area contributed by atoms with Crippen molar-refractivity contribution in [2.75, 3.05) is 18.5 Å². The first-order valence-electron chi connectivity index (χ1n) is 7.58. The molecule has 1 saturated carbocycles. The highest BCUT2D eigenvalue weighted by Crippen LogP contribution is 2.40. The van der Waals surface area contributed by atoms with Crippen LogP contribution in [0.2, 0.25) is 5.02 Å². The van der Waals surface area contributed by atoms with E-state index in [2.05, 4.69) is 10.5 Å². The van der Waals surface area contributed by atoms with Crippen molar-refractivity contribution in [3.05, 3.63) is 34.7 Å². The Balaban J connectivity index is 1.55. The summed E-state index contributed by atoms with van der Waals surface area (Å²) in [5.41, 5.74) is 0.701. The Labute approximate surface area is 137 Å². The summed E-state index contributed by atoms with van der Waals surface area (Å²) in [6, 6.07) is 5.00. The second kappa shape index (κ2) is 5.77. The maximum absolute atomic E-state index is 12.3. The third-order valence-corrected chi connectivity index (χ3v) is 4.14. The summed E-state index contributed by atoms with van der Waals surface area (Å²) in [5, 5.41) is 6.94. The maximum atomic E-state index is 12.3. The number of carbonyl (C=O) groups excluding carboxylic acids is 1. The summed E-state index contributed by atoms with van der Waals surface area (Å²) in [6.07, 6.45) is 2.98. The average Bonchev–Trinajstić information content (AvgIpc) is 3.31. The van der Waals surface area contributed by atoms with Crippen LogP contribution < -0.4 is 14.8 Å². The van der Waals surface area contributed by atoms with E-state index in [4.69, 9.17) is 25.6 Å². The van der Waals surface area contributed by atoms with Gasteiger partial charge in [-0.25, -0.2) is 0 Å². The van der Waals surface area contributed by atoms with Crippen molar-refractivity contribution < 1.29 is 18.8 Å². The average molecular weight is 335 g/mol. The predicted octanol–water partition coefficient (Wildman–Crippen LogP) is 3.62.